The van der Waals surface area contributed by atoms with Crippen molar-refractivity contribution in [3.05, 3.63) is 35.4 Å². The van der Waals surface area contributed by atoms with Gasteiger partial charge in [0, 0.05) is 18.2 Å². The maximum absolute atomic E-state index is 5.70. The Labute approximate surface area is 89.9 Å². The van der Waals surface area contributed by atoms with Crippen molar-refractivity contribution < 1.29 is 0 Å². The molecule has 0 aliphatic heterocycles. The van der Waals surface area contributed by atoms with Gasteiger partial charge in [0.15, 0.2) is 0 Å². The van der Waals surface area contributed by atoms with Crippen molar-refractivity contribution in [2.75, 3.05) is 0 Å². The fourth-order valence-electron chi connectivity index (χ4n) is 1.93. The third-order valence-electron chi connectivity index (χ3n) is 2.67. The summed E-state index contributed by atoms with van der Waals surface area (Å²) in [6, 6.07) is 6.23. The van der Waals surface area contributed by atoms with E-state index in [1.807, 2.05) is 0 Å². The van der Waals surface area contributed by atoms with E-state index in [1.54, 1.807) is 0 Å². The van der Waals surface area contributed by atoms with Crippen molar-refractivity contribution in [3.63, 3.8) is 0 Å². The maximum Gasteiger partial charge on any atom is 0.116 e. The monoisotopic (exact) mass is 203 g/mol. The standard InChI is InChI=1S/C12H17N3/c1-8(2)12-14-10(7-13)11-6-4-5-9(3)15(11)12/h4-6,8H,7,13H2,1-3H3. The second-order valence-corrected chi connectivity index (χ2v) is 4.16. The molecule has 0 spiro atoms. The van der Waals surface area contributed by atoms with Crippen molar-refractivity contribution in [2.45, 2.75) is 33.2 Å². The van der Waals surface area contributed by atoms with Crippen LogP contribution in [0.5, 0.6) is 0 Å². The minimum atomic E-state index is 0.416. The molecule has 2 N–H and O–H groups in total. The molecule has 0 saturated carbocycles. The highest BCUT2D eigenvalue weighted by Gasteiger charge is 2.13. The van der Waals surface area contributed by atoms with Crippen LogP contribution in [0.1, 0.15) is 37.0 Å². The average molecular weight is 203 g/mol. The Bertz CT molecular complexity index is 483. The fourth-order valence-corrected chi connectivity index (χ4v) is 1.93. The van der Waals surface area contributed by atoms with Crippen molar-refractivity contribution in [1.82, 2.24) is 9.38 Å². The summed E-state index contributed by atoms with van der Waals surface area (Å²) in [6.07, 6.45) is 0. The molecule has 3 heteroatoms. The zero-order valence-electron chi connectivity index (χ0n) is 9.49. The van der Waals surface area contributed by atoms with Crippen molar-refractivity contribution in [2.24, 2.45) is 5.73 Å². The Kier molecular flexibility index (Phi) is 2.49. The number of hydrogen-bond acceptors (Lipinski definition) is 2. The Balaban J connectivity index is 2.82. The molecule has 2 heterocycles. The van der Waals surface area contributed by atoms with Crippen LogP contribution < -0.4 is 5.73 Å². The number of nitrogens with two attached hydrogens (primary N) is 1. The lowest BCUT2D eigenvalue weighted by atomic mass is 10.2. The number of imidazole rings is 1. The first-order valence-corrected chi connectivity index (χ1v) is 5.32. The predicted octanol–water partition coefficient (Wildman–Crippen LogP) is 2.22. The first kappa shape index (κ1) is 10.2. The number of rotatable bonds is 2. The van der Waals surface area contributed by atoms with Crippen LogP contribution in [-0.4, -0.2) is 9.38 Å². The van der Waals surface area contributed by atoms with E-state index >= 15 is 0 Å². The smallest absolute Gasteiger partial charge is 0.116 e. The molecule has 3 nitrogen and oxygen atoms in total. The minimum Gasteiger partial charge on any atom is -0.325 e. The van der Waals surface area contributed by atoms with E-state index in [1.165, 1.54) is 5.69 Å². The molecule has 0 atom stereocenters. The summed E-state index contributed by atoms with van der Waals surface area (Å²) in [4.78, 5) is 4.61. The fraction of sp³-hybridized carbons (Fsp3) is 0.417. The Morgan fingerprint density at radius 1 is 1.40 bits per heavy atom. The quantitative estimate of drug-likeness (QED) is 0.813. The van der Waals surface area contributed by atoms with Gasteiger partial charge in [0.2, 0.25) is 0 Å². The molecule has 0 saturated heterocycles. The van der Waals surface area contributed by atoms with Gasteiger partial charge in [-0.2, -0.15) is 0 Å². The third-order valence-corrected chi connectivity index (χ3v) is 2.67. The lowest BCUT2D eigenvalue weighted by molar-refractivity contribution is 0.757. The van der Waals surface area contributed by atoms with E-state index in [9.17, 15) is 0 Å². The van der Waals surface area contributed by atoms with Gasteiger partial charge in [-0.1, -0.05) is 19.9 Å². The topological polar surface area (TPSA) is 43.3 Å². The van der Waals surface area contributed by atoms with E-state index < -0.39 is 0 Å². The van der Waals surface area contributed by atoms with Gasteiger partial charge in [-0.25, -0.2) is 4.98 Å². The number of aromatic nitrogens is 2. The normalized spacial score (nSPS) is 11.5. The average Bonchev–Trinajstić information content (AvgIpc) is 2.58. The molecule has 2 rings (SSSR count). The molecular weight excluding hydrogens is 186 g/mol. The van der Waals surface area contributed by atoms with E-state index in [-0.39, 0.29) is 0 Å². The third kappa shape index (κ3) is 1.53. The highest BCUT2D eigenvalue weighted by Crippen LogP contribution is 2.20. The molecule has 0 aromatic carbocycles. The van der Waals surface area contributed by atoms with Gasteiger partial charge in [-0.3, -0.25) is 0 Å². The summed E-state index contributed by atoms with van der Waals surface area (Å²) >= 11 is 0. The molecular formula is C12H17N3. The summed E-state index contributed by atoms with van der Waals surface area (Å²) < 4.78 is 2.20. The summed E-state index contributed by atoms with van der Waals surface area (Å²) in [6.45, 7) is 6.91. The van der Waals surface area contributed by atoms with Crippen molar-refractivity contribution >= 4 is 5.52 Å². The van der Waals surface area contributed by atoms with Gasteiger partial charge < -0.3 is 10.1 Å². The number of fused-ring (bicyclic) bond motifs is 1. The van der Waals surface area contributed by atoms with Gasteiger partial charge in [0.05, 0.1) is 11.2 Å². The number of nitrogens with zero attached hydrogens (tertiary/aromatic N) is 2. The highest BCUT2D eigenvalue weighted by atomic mass is 15.0. The predicted molar refractivity (Wildman–Crippen MR) is 61.9 cm³/mol. The van der Waals surface area contributed by atoms with Crippen LogP contribution in [0.3, 0.4) is 0 Å². The van der Waals surface area contributed by atoms with E-state index in [4.69, 9.17) is 5.73 Å². The molecule has 0 bridgehead atoms. The number of pyridine rings is 1. The van der Waals surface area contributed by atoms with Crippen LogP contribution in [0.25, 0.3) is 5.52 Å². The summed E-state index contributed by atoms with van der Waals surface area (Å²) in [5.41, 5.74) is 9.04. The van der Waals surface area contributed by atoms with Crippen LogP contribution in [-0.2, 0) is 6.54 Å². The number of aryl methyl sites for hydroxylation is 1. The maximum atomic E-state index is 5.70. The van der Waals surface area contributed by atoms with Crippen LogP contribution in [0.2, 0.25) is 0 Å². The molecule has 0 unspecified atom stereocenters. The van der Waals surface area contributed by atoms with E-state index in [2.05, 4.69) is 48.4 Å². The summed E-state index contributed by atoms with van der Waals surface area (Å²) in [5, 5.41) is 0. The van der Waals surface area contributed by atoms with Crippen LogP contribution in [0, 0.1) is 6.92 Å². The summed E-state index contributed by atoms with van der Waals surface area (Å²) in [7, 11) is 0. The van der Waals surface area contributed by atoms with Gasteiger partial charge in [0.1, 0.15) is 5.82 Å². The lowest BCUT2D eigenvalue weighted by Crippen LogP contribution is -1.99. The Hall–Kier alpha value is -1.35. The zero-order valence-corrected chi connectivity index (χ0v) is 9.49. The van der Waals surface area contributed by atoms with Gasteiger partial charge >= 0.3 is 0 Å². The molecule has 2 aromatic rings. The zero-order chi connectivity index (χ0) is 11.0. The van der Waals surface area contributed by atoms with Crippen LogP contribution in [0.4, 0.5) is 0 Å². The highest BCUT2D eigenvalue weighted by molar-refractivity contribution is 5.54. The Morgan fingerprint density at radius 3 is 2.73 bits per heavy atom. The van der Waals surface area contributed by atoms with E-state index in [0.29, 0.717) is 12.5 Å². The second kappa shape index (κ2) is 3.66. The van der Waals surface area contributed by atoms with Crippen LogP contribution in [0.15, 0.2) is 18.2 Å². The second-order valence-electron chi connectivity index (χ2n) is 4.16. The van der Waals surface area contributed by atoms with Gasteiger partial charge in [-0.15, -0.1) is 0 Å². The Morgan fingerprint density at radius 2 is 2.13 bits per heavy atom. The lowest BCUT2D eigenvalue weighted by Gasteiger charge is -2.06. The molecule has 80 valence electrons. The molecule has 15 heavy (non-hydrogen) atoms. The molecule has 0 fully saturated rings. The first-order valence-electron chi connectivity index (χ1n) is 5.32. The van der Waals surface area contributed by atoms with Gasteiger partial charge in [0.25, 0.3) is 0 Å². The molecule has 0 aliphatic carbocycles. The molecule has 0 radical (unpaired) electrons. The number of hydrogen-bond donors (Lipinski definition) is 1. The van der Waals surface area contributed by atoms with Crippen LogP contribution >= 0.6 is 0 Å². The summed E-state index contributed by atoms with van der Waals surface area (Å²) in [5.74, 6) is 1.52. The first-order chi connectivity index (χ1) is 7.15. The van der Waals surface area contributed by atoms with Crippen molar-refractivity contribution in [1.29, 1.82) is 0 Å². The van der Waals surface area contributed by atoms with Crippen molar-refractivity contribution in [3.8, 4) is 0 Å². The largest absolute Gasteiger partial charge is 0.325 e. The molecule has 0 amide bonds. The van der Waals surface area contributed by atoms with E-state index in [0.717, 1.165) is 17.0 Å². The molecule has 2 aromatic heterocycles. The molecule has 0 aliphatic rings. The SMILES string of the molecule is Cc1cccc2c(CN)nc(C(C)C)n12. The minimum absolute atomic E-state index is 0.416. The van der Waals surface area contributed by atoms with Gasteiger partial charge in [-0.05, 0) is 19.1 Å².